The van der Waals surface area contributed by atoms with Gasteiger partial charge in [-0.25, -0.2) is 0 Å². The van der Waals surface area contributed by atoms with Crippen molar-refractivity contribution >= 4 is 19.4 Å². The Labute approximate surface area is 128 Å². The molecule has 0 radical (unpaired) electrons. The normalized spacial score (nSPS) is 13.9. The van der Waals surface area contributed by atoms with Gasteiger partial charge in [-0.3, -0.25) is 0 Å². The maximum atomic E-state index is 11.1. The molecule has 1 N–H and O–H groups in total. The van der Waals surface area contributed by atoms with E-state index in [2.05, 4.69) is 43.3 Å². The Morgan fingerprint density at radius 3 is 2.15 bits per heavy atom. The van der Waals surface area contributed by atoms with Crippen LogP contribution in [0.2, 0.25) is 5.32 Å². The molecule has 0 heterocycles. The van der Waals surface area contributed by atoms with Crippen LogP contribution in [0, 0.1) is 0 Å². The third-order valence-electron chi connectivity index (χ3n) is 3.48. The van der Waals surface area contributed by atoms with Gasteiger partial charge in [0.15, 0.2) is 0 Å². The van der Waals surface area contributed by atoms with Crippen LogP contribution in [-0.2, 0) is 5.60 Å². The molecule has 0 spiro atoms. The zero-order valence-electron chi connectivity index (χ0n) is 12.0. The minimum atomic E-state index is -0.674. The first kappa shape index (κ1) is 15.3. The molecule has 0 aliphatic carbocycles. The summed E-state index contributed by atoms with van der Waals surface area (Å²) in [6.45, 7) is 2.17. The molecule has 106 valence electrons. The van der Waals surface area contributed by atoms with Gasteiger partial charge in [0, 0.05) is 0 Å². The van der Waals surface area contributed by atoms with Crippen molar-refractivity contribution < 1.29 is 5.11 Å². The van der Waals surface area contributed by atoms with Gasteiger partial charge >= 0.3 is 128 Å². The van der Waals surface area contributed by atoms with Gasteiger partial charge in [0.2, 0.25) is 0 Å². The topological polar surface area (TPSA) is 20.2 Å². The number of hydrogen-bond donors (Lipinski definition) is 1. The Hall–Kier alpha value is -1.08. The third kappa shape index (κ3) is 4.21. The molecule has 0 aromatic heterocycles. The summed E-state index contributed by atoms with van der Waals surface area (Å²) >= 11 is 0.305. The van der Waals surface area contributed by atoms with Gasteiger partial charge in [-0.15, -0.1) is 0 Å². The molecular formula is C18H22OSe. The van der Waals surface area contributed by atoms with E-state index in [0.717, 1.165) is 30.1 Å². The third-order valence-corrected chi connectivity index (χ3v) is 6.05. The molecule has 1 unspecified atom stereocenters. The summed E-state index contributed by atoms with van der Waals surface area (Å²) in [5.41, 5.74) is 0.388. The van der Waals surface area contributed by atoms with E-state index in [1.54, 1.807) is 0 Å². The van der Waals surface area contributed by atoms with Crippen LogP contribution in [0.4, 0.5) is 0 Å². The molecule has 0 bridgehead atoms. The Bertz CT molecular complexity index is 497. The Balaban J connectivity index is 2.11. The Morgan fingerprint density at radius 2 is 1.55 bits per heavy atom. The summed E-state index contributed by atoms with van der Waals surface area (Å²) in [7, 11) is 0. The molecule has 0 aliphatic heterocycles. The molecule has 0 amide bonds. The maximum absolute atomic E-state index is 11.1. The van der Waals surface area contributed by atoms with Crippen molar-refractivity contribution in [3.8, 4) is 0 Å². The minimum absolute atomic E-state index is 0.305. The zero-order chi connectivity index (χ0) is 14.3. The van der Waals surface area contributed by atoms with E-state index in [-0.39, 0.29) is 0 Å². The number of unbranched alkanes of at least 4 members (excludes halogenated alkanes) is 1. The molecule has 0 fully saturated rings. The van der Waals surface area contributed by atoms with E-state index in [1.165, 1.54) is 4.46 Å². The summed E-state index contributed by atoms with van der Waals surface area (Å²) in [6.07, 6.45) is 3.03. The van der Waals surface area contributed by atoms with Crippen molar-refractivity contribution in [2.45, 2.75) is 37.1 Å². The predicted molar refractivity (Wildman–Crippen MR) is 86.5 cm³/mol. The van der Waals surface area contributed by atoms with Crippen LogP contribution in [-0.4, -0.2) is 20.1 Å². The van der Waals surface area contributed by atoms with Crippen LogP contribution in [0.5, 0.6) is 0 Å². The first-order chi connectivity index (χ1) is 9.74. The van der Waals surface area contributed by atoms with Crippen LogP contribution >= 0.6 is 0 Å². The number of rotatable bonds is 7. The van der Waals surface area contributed by atoms with Crippen molar-refractivity contribution in [1.82, 2.24) is 0 Å². The summed E-state index contributed by atoms with van der Waals surface area (Å²) < 4.78 is 1.35. The quantitative estimate of drug-likeness (QED) is 0.769. The van der Waals surface area contributed by atoms with Crippen LogP contribution in [0.25, 0.3) is 0 Å². The number of aliphatic hydroxyl groups is 1. The van der Waals surface area contributed by atoms with E-state index >= 15 is 0 Å². The second kappa shape index (κ2) is 7.64. The fraction of sp³-hybridized carbons (Fsp3) is 0.333. The van der Waals surface area contributed by atoms with Crippen molar-refractivity contribution in [2.24, 2.45) is 0 Å². The number of hydrogen-bond acceptors (Lipinski definition) is 1. The molecule has 1 nitrogen and oxygen atoms in total. The summed E-state index contributed by atoms with van der Waals surface area (Å²) in [5, 5.41) is 11.9. The standard InChI is InChI=1S/C18H22OSe/c1-2-3-14-18(19,16-10-6-4-7-11-16)15-20-17-12-8-5-9-13-17/h4-13,19H,2-3,14-15H2,1H3. The van der Waals surface area contributed by atoms with Crippen molar-refractivity contribution in [3.05, 3.63) is 66.2 Å². The molecule has 0 saturated carbocycles. The first-order valence-electron chi connectivity index (χ1n) is 7.20. The first-order valence-corrected chi connectivity index (χ1v) is 9.27. The van der Waals surface area contributed by atoms with E-state index in [0.29, 0.717) is 15.0 Å². The van der Waals surface area contributed by atoms with Crippen molar-refractivity contribution in [1.29, 1.82) is 0 Å². The molecular weight excluding hydrogens is 311 g/mol. The fourth-order valence-corrected chi connectivity index (χ4v) is 4.47. The van der Waals surface area contributed by atoms with Gasteiger partial charge in [0.25, 0.3) is 0 Å². The SMILES string of the molecule is CCCCC(O)(C[Se]c1ccccc1)c1ccccc1. The molecule has 0 saturated heterocycles. The second-order valence-electron chi connectivity index (χ2n) is 5.10. The van der Waals surface area contributed by atoms with Gasteiger partial charge in [0.05, 0.1) is 0 Å². The summed E-state index contributed by atoms with van der Waals surface area (Å²) in [6, 6.07) is 20.6. The molecule has 20 heavy (non-hydrogen) atoms. The average Bonchev–Trinajstić information content (AvgIpc) is 2.53. The Kier molecular flexibility index (Phi) is 5.85. The molecule has 2 aromatic carbocycles. The average molecular weight is 333 g/mol. The summed E-state index contributed by atoms with van der Waals surface area (Å²) in [4.78, 5) is 0. The molecule has 1 atom stereocenters. The molecule has 0 aliphatic rings. The number of benzene rings is 2. The van der Waals surface area contributed by atoms with Gasteiger partial charge in [-0.05, 0) is 0 Å². The molecule has 2 rings (SSSR count). The van der Waals surface area contributed by atoms with Gasteiger partial charge < -0.3 is 0 Å². The van der Waals surface area contributed by atoms with Gasteiger partial charge in [0.1, 0.15) is 0 Å². The van der Waals surface area contributed by atoms with Crippen LogP contribution in [0.15, 0.2) is 60.7 Å². The van der Waals surface area contributed by atoms with Crippen LogP contribution < -0.4 is 4.46 Å². The fourth-order valence-electron chi connectivity index (χ4n) is 2.24. The van der Waals surface area contributed by atoms with Crippen molar-refractivity contribution in [3.63, 3.8) is 0 Å². The predicted octanol–water partition coefficient (Wildman–Crippen LogP) is 3.51. The van der Waals surface area contributed by atoms with E-state index in [1.807, 2.05) is 24.3 Å². The summed E-state index contributed by atoms with van der Waals surface area (Å²) in [5.74, 6) is 0. The zero-order valence-corrected chi connectivity index (χ0v) is 13.7. The van der Waals surface area contributed by atoms with E-state index in [9.17, 15) is 5.11 Å². The van der Waals surface area contributed by atoms with Gasteiger partial charge in [-0.1, -0.05) is 0 Å². The van der Waals surface area contributed by atoms with Gasteiger partial charge in [-0.2, -0.15) is 0 Å². The molecule has 2 heteroatoms. The monoisotopic (exact) mass is 334 g/mol. The van der Waals surface area contributed by atoms with Crippen molar-refractivity contribution in [2.75, 3.05) is 0 Å². The molecule has 2 aromatic rings. The van der Waals surface area contributed by atoms with E-state index < -0.39 is 5.60 Å². The van der Waals surface area contributed by atoms with Crippen LogP contribution in [0.3, 0.4) is 0 Å². The van der Waals surface area contributed by atoms with Crippen LogP contribution in [0.1, 0.15) is 31.7 Å². The van der Waals surface area contributed by atoms with E-state index in [4.69, 9.17) is 0 Å². The second-order valence-corrected chi connectivity index (χ2v) is 7.30. The Morgan fingerprint density at radius 1 is 0.950 bits per heavy atom.